The molecule has 3 aromatic rings. The average molecular weight is 671 g/mol. The zero-order chi connectivity index (χ0) is 23.1. The van der Waals surface area contributed by atoms with E-state index in [0.29, 0.717) is 21.3 Å². The van der Waals surface area contributed by atoms with E-state index in [0.717, 1.165) is 19.3 Å². The lowest BCUT2D eigenvalue weighted by atomic mass is 10.2. The Morgan fingerprint density at radius 1 is 1.09 bits per heavy atom. The van der Waals surface area contributed by atoms with Crippen molar-refractivity contribution in [3.05, 3.63) is 89.9 Å². The fourth-order valence-corrected chi connectivity index (χ4v) is 4.66. The summed E-state index contributed by atoms with van der Waals surface area (Å²) in [4.78, 5) is 24.8. The van der Waals surface area contributed by atoms with E-state index in [1.54, 1.807) is 24.3 Å². The first kappa shape index (κ1) is 24.4. The van der Waals surface area contributed by atoms with Gasteiger partial charge in [-0.1, -0.05) is 40.2 Å². The summed E-state index contributed by atoms with van der Waals surface area (Å²) in [7, 11) is 0. The third kappa shape index (κ3) is 6.88. The molecule has 0 saturated heterocycles. The van der Waals surface area contributed by atoms with Crippen LogP contribution in [0.2, 0.25) is 0 Å². The van der Waals surface area contributed by atoms with Crippen LogP contribution in [-0.4, -0.2) is 24.6 Å². The van der Waals surface area contributed by atoms with Gasteiger partial charge < -0.3 is 10.1 Å². The third-order valence-corrected chi connectivity index (χ3v) is 6.18. The molecule has 0 bridgehead atoms. The molecule has 1 amide bonds. The second kappa shape index (κ2) is 11.6. The number of nitrogens with zero attached hydrogens (tertiary/aromatic N) is 1. The van der Waals surface area contributed by atoms with Gasteiger partial charge in [0.05, 0.1) is 22.8 Å². The number of esters is 1. The minimum atomic E-state index is -0.487. The maximum absolute atomic E-state index is 12.7. The van der Waals surface area contributed by atoms with Gasteiger partial charge >= 0.3 is 5.97 Å². The monoisotopic (exact) mass is 669 g/mol. The molecule has 0 atom stereocenters. The first-order chi connectivity index (χ1) is 15.3. The molecule has 3 rings (SSSR count). The molecule has 0 aliphatic heterocycles. The van der Waals surface area contributed by atoms with E-state index in [4.69, 9.17) is 4.74 Å². The molecule has 2 N–H and O–H groups in total. The van der Waals surface area contributed by atoms with Crippen LogP contribution in [0.5, 0.6) is 5.75 Å². The Morgan fingerprint density at radius 3 is 2.62 bits per heavy atom. The highest BCUT2D eigenvalue weighted by atomic mass is 127. The highest BCUT2D eigenvalue weighted by molar-refractivity contribution is 14.1. The van der Waals surface area contributed by atoms with Gasteiger partial charge in [-0.25, -0.2) is 10.2 Å². The predicted octanol–water partition coefficient (Wildman–Crippen LogP) is 5.91. The minimum Gasteiger partial charge on any atom is -0.421 e. The number of hydrogen-bond acceptors (Lipinski definition) is 5. The number of aryl methyl sites for hydroxylation is 1. The van der Waals surface area contributed by atoms with Gasteiger partial charge in [0, 0.05) is 19.3 Å². The van der Waals surface area contributed by atoms with Crippen LogP contribution >= 0.6 is 54.5 Å². The molecular weight excluding hydrogens is 653 g/mol. The van der Waals surface area contributed by atoms with E-state index in [1.165, 1.54) is 6.21 Å². The molecule has 0 saturated carbocycles. The Labute approximate surface area is 216 Å². The average Bonchev–Trinajstić information content (AvgIpc) is 2.75. The third-order valence-electron chi connectivity index (χ3n) is 4.19. The maximum Gasteiger partial charge on any atom is 0.344 e. The van der Waals surface area contributed by atoms with E-state index in [1.807, 2.05) is 43.3 Å². The summed E-state index contributed by atoms with van der Waals surface area (Å²) >= 11 is 8.93. The number of halogens is 3. The summed E-state index contributed by atoms with van der Waals surface area (Å²) in [6.07, 6.45) is 1.43. The van der Waals surface area contributed by atoms with Gasteiger partial charge in [0.2, 0.25) is 0 Å². The number of amides is 1. The highest BCUT2D eigenvalue weighted by Crippen LogP contribution is 2.33. The van der Waals surface area contributed by atoms with Gasteiger partial charge in [-0.2, -0.15) is 5.10 Å². The summed E-state index contributed by atoms with van der Waals surface area (Å²) in [5, 5.41) is 7.05. The zero-order valence-corrected chi connectivity index (χ0v) is 22.2. The zero-order valence-electron chi connectivity index (χ0n) is 16.9. The topological polar surface area (TPSA) is 79.8 Å². The molecule has 32 heavy (non-hydrogen) atoms. The van der Waals surface area contributed by atoms with Crippen molar-refractivity contribution in [1.29, 1.82) is 0 Å². The second-order valence-electron chi connectivity index (χ2n) is 6.69. The van der Waals surface area contributed by atoms with Crippen LogP contribution in [-0.2, 0) is 4.79 Å². The molecule has 6 nitrogen and oxygen atoms in total. The lowest BCUT2D eigenvalue weighted by Gasteiger charge is -2.11. The minimum absolute atomic E-state index is 0.0667. The van der Waals surface area contributed by atoms with Crippen molar-refractivity contribution in [2.45, 2.75) is 6.92 Å². The standard InChI is InChI=1S/C23H18Br2IN3O3/c1-14-5-4-6-17(9-14)27-13-21(30)29-28-12-15-10-16(24)11-19(25)22(15)32-23(31)18-7-2-3-8-20(18)26/h2-12,27H,13H2,1H3,(H,29,30). The molecule has 9 heteroatoms. The summed E-state index contributed by atoms with van der Waals surface area (Å²) in [6.45, 7) is 2.05. The molecule has 0 radical (unpaired) electrons. The van der Waals surface area contributed by atoms with Crippen molar-refractivity contribution >= 4 is 78.2 Å². The van der Waals surface area contributed by atoms with Crippen molar-refractivity contribution in [2.75, 3.05) is 11.9 Å². The fourth-order valence-electron chi connectivity index (χ4n) is 2.71. The summed E-state index contributed by atoms with van der Waals surface area (Å²) < 4.78 is 7.76. The molecule has 0 spiro atoms. The fraction of sp³-hybridized carbons (Fsp3) is 0.0870. The van der Waals surface area contributed by atoms with E-state index >= 15 is 0 Å². The number of nitrogens with one attached hydrogen (secondary N) is 2. The van der Waals surface area contributed by atoms with E-state index in [9.17, 15) is 9.59 Å². The molecule has 0 aliphatic carbocycles. The van der Waals surface area contributed by atoms with Crippen LogP contribution in [0.25, 0.3) is 0 Å². The molecule has 3 aromatic carbocycles. The maximum atomic E-state index is 12.7. The van der Waals surface area contributed by atoms with Gasteiger partial charge in [-0.15, -0.1) is 0 Å². The molecule has 0 aliphatic rings. The van der Waals surface area contributed by atoms with Crippen LogP contribution in [0, 0.1) is 10.5 Å². The van der Waals surface area contributed by atoms with Crippen LogP contribution in [0.1, 0.15) is 21.5 Å². The van der Waals surface area contributed by atoms with Gasteiger partial charge in [0.15, 0.2) is 5.75 Å². The molecule has 0 unspecified atom stereocenters. The Bertz CT molecular complexity index is 1180. The van der Waals surface area contributed by atoms with Crippen LogP contribution in [0.4, 0.5) is 5.69 Å². The van der Waals surface area contributed by atoms with Gasteiger partial charge in [-0.3, -0.25) is 4.79 Å². The highest BCUT2D eigenvalue weighted by Gasteiger charge is 2.17. The lowest BCUT2D eigenvalue weighted by Crippen LogP contribution is -2.25. The number of anilines is 1. The van der Waals surface area contributed by atoms with Crippen LogP contribution < -0.4 is 15.5 Å². The van der Waals surface area contributed by atoms with Gasteiger partial charge in [0.25, 0.3) is 5.91 Å². The summed E-state index contributed by atoms with van der Waals surface area (Å²) in [5.74, 6) is -0.498. The Kier molecular flexibility index (Phi) is 8.83. The first-order valence-corrected chi connectivity index (χ1v) is 12.1. The number of benzene rings is 3. The van der Waals surface area contributed by atoms with Crippen molar-refractivity contribution < 1.29 is 14.3 Å². The normalized spacial score (nSPS) is 10.8. The molecule has 164 valence electrons. The van der Waals surface area contributed by atoms with Gasteiger partial charge in [0.1, 0.15) is 0 Å². The SMILES string of the molecule is Cc1cccc(NCC(=O)NN=Cc2cc(Br)cc(Br)c2OC(=O)c2ccccc2I)c1. The van der Waals surface area contributed by atoms with Crippen molar-refractivity contribution in [2.24, 2.45) is 5.10 Å². The number of carbonyl (C=O) groups is 2. The Balaban J connectivity index is 1.69. The summed E-state index contributed by atoms with van der Waals surface area (Å²) in [5.41, 5.74) is 5.39. The first-order valence-electron chi connectivity index (χ1n) is 9.41. The summed E-state index contributed by atoms with van der Waals surface area (Å²) in [6, 6.07) is 18.4. The van der Waals surface area contributed by atoms with Crippen LogP contribution in [0.3, 0.4) is 0 Å². The van der Waals surface area contributed by atoms with E-state index < -0.39 is 5.97 Å². The Morgan fingerprint density at radius 2 is 1.88 bits per heavy atom. The molecule has 0 heterocycles. The van der Waals surface area contributed by atoms with Crippen LogP contribution in [0.15, 0.2) is 74.7 Å². The number of ether oxygens (including phenoxy) is 1. The van der Waals surface area contributed by atoms with Crippen molar-refractivity contribution in [3.8, 4) is 5.75 Å². The lowest BCUT2D eigenvalue weighted by molar-refractivity contribution is -0.119. The van der Waals surface area contributed by atoms with E-state index in [2.05, 4.69) is 70.3 Å². The largest absolute Gasteiger partial charge is 0.421 e. The number of carbonyl (C=O) groups excluding carboxylic acids is 2. The van der Waals surface area contributed by atoms with Gasteiger partial charge in [-0.05, 0) is 87.4 Å². The predicted molar refractivity (Wildman–Crippen MR) is 141 cm³/mol. The van der Waals surface area contributed by atoms with E-state index in [-0.39, 0.29) is 12.5 Å². The van der Waals surface area contributed by atoms with Crippen molar-refractivity contribution in [1.82, 2.24) is 5.43 Å². The quantitative estimate of drug-likeness (QED) is 0.108. The molecule has 0 fully saturated rings. The number of hydrogen-bond donors (Lipinski definition) is 2. The molecular formula is C23H18Br2IN3O3. The smallest absolute Gasteiger partial charge is 0.344 e. The number of hydrazone groups is 1. The Hall–Kier alpha value is -2.24. The van der Waals surface area contributed by atoms with Crippen molar-refractivity contribution in [3.63, 3.8) is 0 Å². The second-order valence-corrected chi connectivity index (χ2v) is 9.62. The number of rotatable bonds is 7. The molecule has 0 aromatic heterocycles.